The third-order valence-corrected chi connectivity index (χ3v) is 1.60. The fraction of sp³-hybridized carbons (Fsp3) is 1.00. The molecular weight excluding hydrogens is 366 g/mol. The summed E-state index contributed by atoms with van der Waals surface area (Å²) in [6.07, 6.45) is 3.82. The van der Waals surface area contributed by atoms with Crippen LogP contribution in [0.3, 0.4) is 0 Å². The fourth-order valence-electron chi connectivity index (χ4n) is 1.05. The normalized spacial score (nSPS) is 24.1. The Balaban J connectivity index is 0.000000292. The summed E-state index contributed by atoms with van der Waals surface area (Å²) in [4.78, 5) is 0. The predicted molar refractivity (Wildman–Crippen MR) is 46.6 cm³/mol. The quantitative estimate of drug-likeness (QED) is 0.746. The molecule has 5 heteroatoms. The molecule has 0 aromatic heterocycles. The van der Waals surface area contributed by atoms with Gasteiger partial charge in [-0.1, -0.05) is 19.3 Å². The zero-order valence-corrected chi connectivity index (χ0v) is 9.99. The van der Waals surface area contributed by atoms with Crippen molar-refractivity contribution in [1.82, 2.24) is 0 Å². The average molecular weight is 379 g/mol. The van der Waals surface area contributed by atoms with Crippen molar-refractivity contribution in [1.29, 1.82) is 0 Å². The summed E-state index contributed by atoms with van der Waals surface area (Å²) in [7, 11) is 9.75. The van der Waals surface area contributed by atoms with Gasteiger partial charge in [0.05, 0.1) is 0 Å². The third kappa shape index (κ3) is 7.55. The van der Waals surface area contributed by atoms with Crippen molar-refractivity contribution < 1.29 is 16.5 Å². The van der Waals surface area contributed by atoms with Crippen LogP contribution in [0.2, 0.25) is 0 Å². The molecule has 0 saturated carbocycles. The first-order valence-electron chi connectivity index (χ1n) is 3.54. The Labute approximate surface area is 84.6 Å². The zero-order valence-electron chi connectivity index (χ0n) is 6.21. The van der Waals surface area contributed by atoms with Crippen LogP contribution in [0.4, 0.5) is 0 Å². The summed E-state index contributed by atoms with van der Waals surface area (Å²) < 4.78 is 0. The van der Waals surface area contributed by atoms with E-state index in [1.807, 2.05) is 0 Å². The molecule has 0 aromatic carbocycles. The molecular formula is C6H13Cl2N2Pt-. The summed E-state index contributed by atoms with van der Waals surface area (Å²) >= 11 is -0.472. The molecule has 1 aliphatic heterocycles. The van der Waals surface area contributed by atoms with Gasteiger partial charge in [-0.3, -0.25) is 0 Å². The van der Waals surface area contributed by atoms with Gasteiger partial charge in [-0.15, -0.1) is 12.6 Å². The first-order chi connectivity index (χ1) is 5.35. The van der Waals surface area contributed by atoms with Crippen LogP contribution in [0.1, 0.15) is 19.3 Å². The van der Waals surface area contributed by atoms with E-state index in [9.17, 15) is 0 Å². The summed E-state index contributed by atoms with van der Waals surface area (Å²) in [6, 6.07) is 0.490. The molecule has 72 valence electrons. The van der Waals surface area contributed by atoms with E-state index < -0.39 is 16.5 Å². The van der Waals surface area contributed by atoms with E-state index in [0.717, 1.165) is 13.1 Å². The van der Waals surface area contributed by atoms with Crippen LogP contribution >= 0.6 is 18.8 Å². The van der Waals surface area contributed by atoms with Crippen LogP contribution in [-0.2, 0) is 16.5 Å². The summed E-state index contributed by atoms with van der Waals surface area (Å²) in [5.74, 6) is 0. The van der Waals surface area contributed by atoms with E-state index in [-0.39, 0.29) is 0 Å². The van der Waals surface area contributed by atoms with Gasteiger partial charge >= 0.3 is 35.3 Å². The van der Waals surface area contributed by atoms with E-state index in [1.54, 1.807) is 0 Å². The predicted octanol–water partition coefficient (Wildman–Crippen LogP) is 2.25. The van der Waals surface area contributed by atoms with Crippen molar-refractivity contribution in [3.63, 3.8) is 0 Å². The second-order valence-corrected chi connectivity index (χ2v) is 5.62. The number of rotatable bonds is 1. The topological polar surface area (TPSA) is 40.1 Å². The number of nitrogens with two attached hydrogens (primary N) is 1. The van der Waals surface area contributed by atoms with Crippen LogP contribution in [0, 0.1) is 0 Å². The Hall–Kier alpha value is 1.19. The monoisotopic (exact) mass is 378 g/mol. The zero-order chi connectivity index (χ0) is 8.53. The van der Waals surface area contributed by atoms with Gasteiger partial charge in [-0.25, -0.2) is 0 Å². The van der Waals surface area contributed by atoms with Gasteiger partial charge < -0.3 is 11.1 Å². The molecule has 1 atom stereocenters. The number of piperidine rings is 1. The Morgan fingerprint density at radius 2 is 2.09 bits per heavy atom. The molecule has 1 heterocycles. The SMILES string of the molecule is NCC1CCCC[N-]1.[Cl][Pt][Cl]. The van der Waals surface area contributed by atoms with Crippen molar-refractivity contribution in [2.75, 3.05) is 13.1 Å². The van der Waals surface area contributed by atoms with Crippen LogP contribution in [-0.4, -0.2) is 19.1 Å². The van der Waals surface area contributed by atoms with Crippen molar-refractivity contribution in [3.8, 4) is 0 Å². The van der Waals surface area contributed by atoms with Crippen LogP contribution < -0.4 is 5.73 Å². The number of hydrogen-bond donors (Lipinski definition) is 1. The van der Waals surface area contributed by atoms with E-state index in [4.69, 9.17) is 24.6 Å². The molecule has 11 heavy (non-hydrogen) atoms. The van der Waals surface area contributed by atoms with Crippen LogP contribution in [0.15, 0.2) is 0 Å². The van der Waals surface area contributed by atoms with Crippen molar-refractivity contribution in [2.45, 2.75) is 25.3 Å². The van der Waals surface area contributed by atoms with E-state index in [2.05, 4.69) is 5.32 Å². The molecule has 0 bridgehead atoms. The standard InChI is InChI=1S/C6H13N2.2ClH.Pt/c7-5-6-3-1-2-4-8-6;;;/h6H,1-5,7H2;2*1H;/q-1;;;+2/p-2. The van der Waals surface area contributed by atoms with E-state index in [0.29, 0.717) is 6.04 Å². The Bertz CT molecular complexity index is 79.0. The van der Waals surface area contributed by atoms with Crippen LogP contribution in [0.25, 0.3) is 5.32 Å². The second kappa shape index (κ2) is 9.28. The summed E-state index contributed by atoms with van der Waals surface area (Å²) in [5.41, 5.74) is 5.41. The first kappa shape index (κ1) is 12.2. The van der Waals surface area contributed by atoms with Crippen molar-refractivity contribution >= 4 is 18.8 Å². The van der Waals surface area contributed by atoms with Gasteiger partial charge in [-0.05, 0) is 6.54 Å². The molecule has 0 aromatic rings. The van der Waals surface area contributed by atoms with Gasteiger partial charge in [0.25, 0.3) is 0 Å². The van der Waals surface area contributed by atoms with Crippen LogP contribution in [0.5, 0.6) is 0 Å². The van der Waals surface area contributed by atoms with Crippen molar-refractivity contribution in [3.05, 3.63) is 5.32 Å². The van der Waals surface area contributed by atoms with Gasteiger partial charge in [0.2, 0.25) is 0 Å². The van der Waals surface area contributed by atoms with Gasteiger partial charge in [0, 0.05) is 0 Å². The molecule has 1 fully saturated rings. The fourth-order valence-corrected chi connectivity index (χ4v) is 1.05. The van der Waals surface area contributed by atoms with E-state index >= 15 is 0 Å². The maximum atomic E-state index is 5.41. The Morgan fingerprint density at radius 1 is 1.45 bits per heavy atom. The molecule has 1 aliphatic rings. The number of hydrogen-bond acceptors (Lipinski definition) is 1. The molecule has 0 aliphatic carbocycles. The Kier molecular flexibility index (Phi) is 10.3. The number of halogens is 2. The van der Waals surface area contributed by atoms with E-state index in [1.165, 1.54) is 19.3 Å². The average Bonchev–Trinajstić information content (AvgIpc) is 2.08. The minimum absolute atomic E-state index is 0.472. The molecule has 0 spiro atoms. The molecule has 0 amide bonds. The summed E-state index contributed by atoms with van der Waals surface area (Å²) in [5, 5.41) is 4.32. The molecule has 1 rings (SSSR count). The molecule has 1 unspecified atom stereocenters. The molecule has 1 saturated heterocycles. The first-order valence-corrected chi connectivity index (χ1v) is 9.17. The molecule has 2 N–H and O–H groups in total. The van der Waals surface area contributed by atoms with Gasteiger partial charge in [0.15, 0.2) is 0 Å². The maximum absolute atomic E-state index is 5.41. The second-order valence-electron chi connectivity index (χ2n) is 2.34. The third-order valence-electron chi connectivity index (χ3n) is 1.60. The van der Waals surface area contributed by atoms with Gasteiger partial charge in [-0.2, -0.15) is 0 Å². The molecule has 0 radical (unpaired) electrons. The van der Waals surface area contributed by atoms with Crippen molar-refractivity contribution in [2.24, 2.45) is 5.73 Å². The summed E-state index contributed by atoms with van der Waals surface area (Å²) in [6.45, 7) is 1.79. The van der Waals surface area contributed by atoms with Gasteiger partial charge in [0.1, 0.15) is 0 Å². The number of nitrogens with zero attached hydrogens (tertiary/aromatic N) is 1. The Morgan fingerprint density at radius 3 is 2.36 bits per heavy atom. The minimum atomic E-state index is -0.472. The molecule has 2 nitrogen and oxygen atoms in total.